The van der Waals surface area contributed by atoms with Crippen molar-refractivity contribution in [1.82, 2.24) is 4.98 Å². The molecule has 5 heteroatoms. The minimum atomic E-state index is -0.775. The summed E-state index contributed by atoms with van der Waals surface area (Å²) in [7, 11) is 0. The monoisotopic (exact) mass is 255 g/mol. The van der Waals surface area contributed by atoms with Crippen LogP contribution in [0.25, 0.3) is 0 Å². The third-order valence-corrected chi connectivity index (χ3v) is 4.71. The van der Waals surface area contributed by atoms with Crippen molar-refractivity contribution in [3.63, 3.8) is 0 Å². The van der Waals surface area contributed by atoms with Gasteiger partial charge in [-0.25, -0.2) is 4.98 Å². The first-order chi connectivity index (χ1) is 7.94. The molecule has 0 aromatic carbocycles. The fourth-order valence-corrected chi connectivity index (χ4v) is 3.89. The minimum absolute atomic E-state index is 0.183. The van der Waals surface area contributed by atoms with Gasteiger partial charge in [0, 0.05) is 17.5 Å². The number of carboxylic acids is 1. The summed E-state index contributed by atoms with van der Waals surface area (Å²) in [5.74, 6) is -1.37. The molecule has 2 rings (SSSR count). The van der Waals surface area contributed by atoms with Gasteiger partial charge in [0.05, 0.1) is 17.0 Å². The Morgan fingerprint density at radius 3 is 2.76 bits per heavy atom. The molecule has 0 aliphatic heterocycles. The fraction of sp³-hybridized carbons (Fsp3) is 0.667. The smallest absolute Gasteiger partial charge is 0.307 e. The number of aliphatic carboxylic acids is 1. The summed E-state index contributed by atoms with van der Waals surface area (Å²) in [5.41, 5.74) is -0.471. The van der Waals surface area contributed by atoms with Gasteiger partial charge in [0.15, 0.2) is 0 Å². The Labute approximate surface area is 104 Å². The molecule has 1 aromatic rings. The van der Waals surface area contributed by atoms with Crippen LogP contribution in [0.2, 0.25) is 0 Å². The Kier molecular flexibility index (Phi) is 3.23. The highest BCUT2D eigenvalue weighted by atomic mass is 32.1. The minimum Gasteiger partial charge on any atom is -0.481 e. The van der Waals surface area contributed by atoms with Crippen LogP contribution < -0.4 is 0 Å². The molecule has 17 heavy (non-hydrogen) atoms. The van der Waals surface area contributed by atoms with Gasteiger partial charge in [0.25, 0.3) is 0 Å². The number of thiazole rings is 1. The third kappa shape index (κ3) is 2.09. The molecule has 3 unspecified atom stereocenters. The second-order valence-corrected chi connectivity index (χ2v) is 6.13. The Balaban J connectivity index is 2.37. The van der Waals surface area contributed by atoms with Crippen LogP contribution in [0.3, 0.4) is 0 Å². The zero-order valence-electron chi connectivity index (χ0n) is 9.96. The lowest BCUT2D eigenvalue weighted by Crippen LogP contribution is -2.45. The summed E-state index contributed by atoms with van der Waals surface area (Å²) in [6, 6.07) is 0. The standard InChI is InChI=1S/C12H17NO3S/c1-12(2)7(11(15)16)3-4-8(14)9(12)10-13-5-6-17-10/h5-9,14H,3-4H2,1-2H3,(H,15,16). The molecule has 0 spiro atoms. The van der Waals surface area contributed by atoms with E-state index in [1.165, 1.54) is 11.3 Å². The molecule has 2 N–H and O–H groups in total. The molecular weight excluding hydrogens is 238 g/mol. The predicted molar refractivity (Wildman–Crippen MR) is 65.0 cm³/mol. The molecule has 94 valence electrons. The van der Waals surface area contributed by atoms with Crippen LogP contribution >= 0.6 is 11.3 Å². The van der Waals surface area contributed by atoms with Crippen LogP contribution in [0.5, 0.6) is 0 Å². The maximum Gasteiger partial charge on any atom is 0.307 e. The molecule has 0 bridgehead atoms. The summed E-state index contributed by atoms with van der Waals surface area (Å²) >= 11 is 1.49. The van der Waals surface area contributed by atoms with Crippen molar-refractivity contribution in [2.24, 2.45) is 11.3 Å². The quantitative estimate of drug-likeness (QED) is 0.849. The van der Waals surface area contributed by atoms with Gasteiger partial charge in [0.2, 0.25) is 0 Å². The highest BCUT2D eigenvalue weighted by molar-refractivity contribution is 7.09. The number of rotatable bonds is 2. The Morgan fingerprint density at radius 2 is 2.24 bits per heavy atom. The van der Waals surface area contributed by atoms with E-state index >= 15 is 0 Å². The van der Waals surface area contributed by atoms with E-state index in [1.807, 2.05) is 19.2 Å². The number of carbonyl (C=O) groups is 1. The highest BCUT2D eigenvalue weighted by Crippen LogP contribution is 2.50. The van der Waals surface area contributed by atoms with Gasteiger partial charge in [-0.3, -0.25) is 4.79 Å². The lowest BCUT2D eigenvalue weighted by molar-refractivity contribution is -0.150. The predicted octanol–water partition coefficient (Wildman–Crippen LogP) is 2.11. The van der Waals surface area contributed by atoms with E-state index in [-0.39, 0.29) is 5.92 Å². The van der Waals surface area contributed by atoms with E-state index < -0.39 is 23.4 Å². The summed E-state index contributed by atoms with van der Waals surface area (Å²) in [5, 5.41) is 22.1. The SMILES string of the molecule is CC1(C)C(C(=O)O)CCC(O)C1c1nccs1. The number of hydrogen-bond donors (Lipinski definition) is 2. The maximum atomic E-state index is 11.3. The molecular formula is C12H17NO3S. The topological polar surface area (TPSA) is 70.4 Å². The summed E-state index contributed by atoms with van der Waals surface area (Å²) < 4.78 is 0. The van der Waals surface area contributed by atoms with Crippen LogP contribution in [-0.4, -0.2) is 27.3 Å². The maximum absolute atomic E-state index is 11.3. The zero-order chi connectivity index (χ0) is 12.6. The van der Waals surface area contributed by atoms with Gasteiger partial charge in [-0.1, -0.05) is 13.8 Å². The first-order valence-corrected chi connectivity index (χ1v) is 6.63. The van der Waals surface area contributed by atoms with Crippen LogP contribution in [0.1, 0.15) is 37.6 Å². The van der Waals surface area contributed by atoms with Gasteiger partial charge < -0.3 is 10.2 Å². The van der Waals surface area contributed by atoms with E-state index in [4.69, 9.17) is 0 Å². The number of aliphatic hydroxyl groups is 1. The lowest BCUT2D eigenvalue weighted by Gasteiger charge is -2.44. The number of carboxylic acid groups (broad SMARTS) is 1. The molecule has 1 aliphatic rings. The second kappa shape index (κ2) is 4.38. The van der Waals surface area contributed by atoms with Crippen molar-refractivity contribution in [2.75, 3.05) is 0 Å². The normalized spacial score (nSPS) is 32.3. The van der Waals surface area contributed by atoms with E-state index in [0.29, 0.717) is 12.8 Å². The van der Waals surface area contributed by atoms with Gasteiger partial charge >= 0.3 is 5.97 Å². The third-order valence-electron chi connectivity index (χ3n) is 3.85. The van der Waals surface area contributed by atoms with Crippen molar-refractivity contribution >= 4 is 17.3 Å². The van der Waals surface area contributed by atoms with Crippen LogP contribution in [0.15, 0.2) is 11.6 Å². The molecule has 1 saturated carbocycles. The van der Waals surface area contributed by atoms with Crippen molar-refractivity contribution in [2.45, 2.75) is 38.7 Å². The van der Waals surface area contributed by atoms with Gasteiger partial charge in [-0.15, -0.1) is 11.3 Å². The van der Waals surface area contributed by atoms with Crippen molar-refractivity contribution in [3.8, 4) is 0 Å². The van der Waals surface area contributed by atoms with E-state index in [1.54, 1.807) is 6.20 Å². The molecule has 1 fully saturated rings. The number of aliphatic hydroxyl groups excluding tert-OH is 1. The molecule has 4 nitrogen and oxygen atoms in total. The first kappa shape index (κ1) is 12.5. The molecule has 0 radical (unpaired) electrons. The Morgan fingerprint density at radius 1 is 1.53 bits per heavy atom. The molecule has 1 heterocycles. The Bertz CT molecular complexity index is 402. The largest absolute Gasteiger partial charge is 0.481 e. The first-order valence-electron chi connectivity index (χ1n) is 5.75. The fourth-order valence-electron chi connectivity index (χ4n) is 2.90. The van der Waals surface area contributed by atoms with Gasteiger partial charge in [-0.2, -0.15) is 0 Å². The van der Waals surface area contributed by atoms with E-state index in [9.17, 15) is 15.0 Å². The van der Waals surface area contributed by atoms with Crippen molar-refractivity contribution in [3.05, 3.63) is 16.6 Å². The number of nitrogens with zero attached hydrogens (tertiary/aromatic N) is 1. The van der Waals surface area contributed by atoms with E-state index in [2.05, 4.69) is 4.98 Å². The van der Waals surface area contributed by atoms with Crippen molar-refractivity contribution in [1.29, 1.82) is 0 Å². The average molecular weight is 255 g/mol. The number of aromatic nitrogens is 1. The summed E-state index contributed by atoms with van der Waals surface area (Å²) in [6.07, 6.45) is 2.27. The number of hydrogen-bond acceptors (Lipinski definition) is 4. The van der Waals surface area contributed by atoms with Crippen molar-refractivity contribution < 1.29 is 15.0 Å². The Hall–Kier alpha value is -0.940. The molecule has 1 aliphatic carbocycles. The van der Waals surface area contributed by atoms with Gasteiger partial charge in [-0.05, 0) is 18.3 Å². The molecule has 0 amide bonds. The summed E-state index contributed by atoms with van der Waals surface area (Å²) in [6.45, 7) is 3.83. The van der Waals surface area contributed by atoms with Crippen LogP contribution in [0, 0.1) is 11.3 Å². The summed E-state index contributed by atoms with van der Waals surface area (Å²) in [4.78, 5) is 15.5. The van der Waals surface area contributed by atoms with E-state index in [0.717, 1.165) is 5.01 Å². The molecule has 3 atom stereocenters. The zero-order valence-corrected chi connectivity index (χ0v) is 10.8. The molecule has 1 aromatic heterocycles. The average Bonchev–Trinajstić information content (AvgIpc) is 2.68. The lowest BCUT2D eigenvalue weighted by atomic mass is 9.61. The van der Waals surface area contributed by atoms with Crippen LogP contribution in [0.4, 0.5) is 0 Å². The second-order valence-electron chi connectivity index (χ2n) is 5.20. The molecule has 0 saturated heterocycles. The highest BCUT2D eigenvalue weighted by Gasteiger charge is 2.49. The van der Waals surface area contributed by atoms with Crippen LogP contribution in [-0.2, 0) is 4.79 Å². The van der Waals surface area contributed by atoms with Gasteiger partial charge in [0.1, 0.15) is 0 Å².